The summed E-state index contributed by atoms with van der Waals surface area (Å²) in [4.78, 5) is 5.26. The van der Waals surface area contributed by atoms with E-state index in [1.165, 1.54) is 40.4 Å². The molecule has 0 atom stereocenters. The highest BCUT2D eigenvalue weighted by Crippen LogP contribution is 2.28. The number of anilines is 1. The van der Waals surface area contributed by atoms with E-state index < -0.39 is 6.55 Å². The van der Waals surface area contributed by atoms with Gasteiger partial charge < -0.3 is 5.32 Å². The Kier molecular flexibility index (Phi) is 5.57. The Bertz CT molecular complexity index is 726. The molecule has 0 unspecified atom stereocenters. The average molecular weight is 373 g/mol. The third-order valence-corrected chi connectivity index (χ3v) is 5.86. The van der Waals surface area contributed by atoms with Crippen molar-refractivity contribution < 1.29 is 8.78 Å². The first-order chi connectivity index (χ1) is 11.2. The lowest BCUT2D eigenvalue weighted by molar-refractivity contribution is 0.0678. The Hall–Kier alpha value is -1.52. The maximum atomic E-state index is 12.7. The van der Waals surface area contributed by atoms with Crippen molar-refractivity contribution in [2.45, 2.75) is 23.1 Å². The van der Waals surface area contributed by atoms with Crippen LogP contribution in [0.15, 0.2) is 34.2 Å². The second-order valence-corrected chi connectivity index (χ2v) is 7.68. The number of aromatic nitrogens is 4. The zero-order valence-corrected chi connectivity index (χ0v) is 14.3. The second-order valence-electron chi connectivity index (χ2n) is 4.45. The van der Waals surface area contributed by atoms with Gasteiger partial charge in [-0.05, 0) is 17.9 Å². The predicted molar refractivity (Wildman–Crippen MR) is 89.5 cm³/mol. The molecule has 3 aromatic heterocycles. The van der Waals surface area contributed by atoms with Gasteiger partial charge >= 0.3 is 6.55 Å². The van der Waals surface area contributed by atoms with Crippen LogP contribution in [0.1, 0.15) is 17.3 Å². The zero-order chi connectivity index (χ0) is 16.1. The summed E-state index contributed by atoms with van der Waals surface area (Å²) < 4.78 is 27.0. The quantitative estimate of drug-likeness (QED) is 0.602. The lowest BCUT2D eigenvalue weighted by atomic mass is 10.3. The van der Waals surface area contributed by atoms with Crippen LogP contribution in [0.5, 0.6) is 0 Å². The molecule has 5 nitrogen and oxygen atoms in total. The maximum absolute atomic E-state index is 12.7. The molecular formula is C13H13F2N5S3. The van der Waals surface area contributed by atoms with Gasteiger partial charge in [0, 0.05) is 23.8 Å². The van der Waals surface area contributed by atoms with E-state index in [2.05, 4.69) is 31.9 Å². The number of nitrogens with zero attached hydrogens (tertiary/aromatic N) is 4. The van der Waals surface area contributed by atoms with Gasteiger partial charge in [0.25, 0.3) is 0 Å². The van der Waals surface area contributed by atoms with E-state index in [9.17, 15) is 8.78 Å². The molecule has 0 saturated carbocycles. The number of halogens is 2. The van der Waals surface area contributed by atoms with E-state index >= 15 is 0 Å². The minimum atomic E-state index is -2.57. The number of imidazole rings is 1. The monoisotopic (exact) mass is 373 g/mol. The summed E-state index contributed by atoms with van der Waals surface area (Å²) in [6.07, 6.45) is 3.59. The lowest BCUT2D eigenvalue weighted by Gasteiger charge is -2.04. The highest BCUT2D eigenvalue weighted by atomic mass is 32.2. The number of thioether (sulfide) groups is 1. The van der Waals surface area contributed by atoms with Crippen LogP contribution in [-0.2, 0) is 12.2 Å². The molecule has 0 aliphatic rings. The fourth-order valence-electron chi connectivity index (χ4n) is 1.85. The second kappa shape index (κ2) is 7.84. The fourth-order valence-corrected chi connectivity index (χ4v) is 4.28. The van der Waals surface area contributed by atoms with Crippen LogP contribution in [0.2, 0.25) is 0 Å². The molecule has 3 heterocycles. The molecule has 3 aromatic rings. The fraction of sp³-hybridized carbons (Fsp3) is 0.308. The van der Waals surface area contributed by atoms with Crippen molar-refractivity contribution in [2.24, 2.45) is 0 Å². The van der Waals surface area contributed by atoms with E-state index in [0.717, 1.165) is 27.0 Å². The van der Waals surface area contributed by atoms with Gasteiger partial charge in [0.2, 0.25) is 5.13 Å². The standard InChI is InChI=1S/C13H13F2N5S3/c14-11(15)20-6-5-16-10(20)8-22-13-19-18-12(23-13)17-4-3-9-2-1-7-21-9/h1-2,5-7,11H,3-4,8H2,(H,17,18). The number of thiophene rings is 1. The summed E-state index contributed by atoms with van der Waals surface area (Å²) in [5.74, 6) is 0.661. The zero-order valence-electron chi connectivity index (χ0n) is 11.9. The molecule has 0 amide bonds. The lowest BCUT2D eigenvalue weighted by Crippen LogP contribution is -2.03. The van der Waals surface area contributed by atoms with Gasteiger partial charge in [0.15, 0.2) is 4.34 Å². The molecule has 0 fully saturated rings. The molecule has 1 N–H and O–H groups in total. The topological polar surface area (TPSA) is 55.6 Å². The molecule has 23 heavy (non-hydrogen) atoms. The van der Waals surface area contributed by atoms with E-state index in [1.807, 2.05) is 6.07 Å². The summed E-state index contributed by atoms with van der Waals surface area (Å²) in [6, 6.07) is 4.13. The first-order valence-electron chi connectivity index (χ1n) is 6.75. The third-order valence-electron chi connectivity index (χ3n) is 2.92. The molecule has 0 spiro atoms. The Morgan fingerprint density at radius 2 is 2.26 bits per heavy atom. The molecule has 0 aliphatic heterocycles. The highest BCUT2D eigenvalue weighted by molar-refractivity contribution is 8.00. The highest BCUT2D eigenvalue weighted by Gasteiger charge is 2.13. The van der Waals surface area contributed by atoms with Crippen molar-refractivity contribution in [1.82, 2.24) is 19.7 Å². The third kappa shape index (κ3) is 4.49. The largest absolute Gasteiger partial charge is 0.360 e. The molecule has 122 valence electrons. The van der Waals surface area contributed by atoms with E-state index in [4.69, 9.17) is 0 Å². The molecule has 0 saturated heterocycles. The van der Waals surface area contributed by atoms with Crippen LogP contribution in [0.25, 0.3) is 0 Å². The number of hydrogen-bond donors (Lipinski definition) is 1. The van der Waals surface area contributed by atoms with Gasteiger partial charge in [-0.1, -0.05) is 29.2 Å². The Morgan fingerprint density at radius 1 is 1.35 bits per heavy atom. The van der Waals surface area contributed by atoms with Crippen molar-refractivity contribution in [3.8, 4) is 0 Å². The smallest absolute Gasteiger partial charge is 0.319 e. The van der Waals surface area contributed by atoms with Gasteiger partial charge in [0.05, 0.1) is 5.75 Å². The Morgan fingerprint density at radius 3 is 3.04 bits per heavy atom. The van der Waals surface area contributed by atoms with Gasteiger partial charge in [0.1, 0.15) is 5.82 Å². The predicted octanol–water partition coefficient (Wildman–Crippen LogP) is 4.14. The molecule has 0 aliphatic carbocycles. The van der Waals surface area contributed by atoms with Crippen molar-refractivity contribution in [3.63, 3.8) is 0 Å². The summed E-state index contributed by atoms with van der Waals surface area (Å²) in [7, 11) is 0. The molecule has 0 radical (unpaired) electrons. The van der Waals surface area contributed by atoms with E-state index in [1.54, 1.807) is 11.3 Å². The normalized spacial score (nSPS) is 11.3. The molecular weight excluding hydrogens is 360 g/mol. The van der Waals surface area contributed by atoms with E-state index in [0.29, 0.717) is 11.6 Å². The van der Waals surface area contributed by atoms with Crippen LogP contribution >= 0.6 is 34.4 Å². The first-order valence-corrected chi connectivity index (χ1v) is 9.43. The van der Waals surface area contributed by atoms with Crippen LogP contribution in [0.3, 0.4) is 0 Å². The van der Waals surface area contributed by atoms with Gasteiger partial charge in [-0.15, -0.1) is 21.5 Å². The summed E-state index contributed by atoms with van der Waals surface area (Å²) in [5, 5.41) is 14.1. The number of rotatable bonds is 8. The summed E-state index contributed by atoms with van der Waals surface area (Å²) in [6.45, 7) is -1.78. The average Bonchev–Trinajstić information content (AvgIpc) is 3.27. The number of alkyl halides is 2. The van der Waals surface area contributed by atoms with Crippen LogP contribution < -0.4 is 5.32 Å². The summed E-state index contributed by atoms with van der Waals surface area (Å²) in [5.41, 5.74) is 0. The number of hydrogen-bond acceptors (Lipinski definition) is 7. The van der Waals surface area contributed by atoms with Crippen molar-refractivity contribution in [3.05, 3.63) is 40.6 Å². The van der Waals surface area contributed by atoms with Gasteiger partial charge in [-0.25, -0.2) is 4.98 Å². The van der Waals surface area contributed by atoms with Crippen molar-refractivity contribution in [1.29, 1.82) is 0 Å². The SMILES string of the molecule is FC(F)n1ccnc1CSc1nnc(NCCc2cccs2)s1. The first kappa shape index (κ1) is 16.3. The Balaban J connectivity index is 1.48. The molecule has 0 aromatic carbocycles. The van der Waals surface area contributed by atoms with Crippen LogP contribution in [-0.4, -0.2) is 26.3 Å². The van der Waals surface area contributed by atoms with Gasteiger partial charge in [-0.3, -0.25) is 4.57 Å². The number of nitrogens with one attached hydrogen (secondary N) is 1. The van der Waals surface area contributed by atoms with E-state index in [-0.39, 0.29) is 0 Å². The minimum Gasteiger partial charge on any atom is -0.360 e. The van der Waals surface area contributed by atoms with Crippen molar-refractivity contribution in [2.75, 3.05) is 11.9 Å². The van der Waals surface area contributed by atoms with Crippen LogP contribution in [0.4, 0.5) is 13.9 Å². The summed E-state index contributed by atoms with van der Waals surface area (Å²) >= 11 is 4.49. The van der Waals surface area contributed by atoms with Gasteiger partial charge in [-0.2, -0.15) is 8.78 Å². The molecule has 0 bridgehead atoms. The molecule has 10 heteroatoms. The van der Waals surface area contributed by atoms with Crippen molar-refractivity contribution >= 4 is 39.6 Å². The minimum absolute atomic E-state index is 0.326. The molecule has 3 rings (SSSR count). The van der Waals surface area contributed by atoms with Crippen LogP contribution in [0, 0.1) is 0 Å². The Labute approximate surface area is 143 Å². The maximum Gasteiger partial charge on any atom is 0.319 e.